The molecule has 1 saturated carbocycles. The lowest BCUT2D eigenvalue weighted by Gasteiger charge is -2.08. The molecule has 2 aromatic rings. The third-order valence-electron chi connectivity index (χ3n) is 3.86. The van der Waals surface area contributed by atoms with Gasteiger partial charge in [-0.05, 0) is 36.3 Å². The molecule has 0 saturated heterocycles. The second kappa shape index (κ2) is 7.22. The average molecular weight is 298 g/mol. The summed E-state index contributed by atoms with van der Waals surface area (Å²) in [6.07, 6.45) is 5.17. The third kappa shape index (κ3) is 4.43. The topological polar surface area (TPSA) is 70.1 Å². The van der Waals surface area contributed by atoms with Gasteiger partial charge in [0.05, 0.1) is 6.61 Å². The van der Waals surface area contributed by atoms with Gasteiger partial charge in [-0.25, -0.2) is 9.97 Å². The zero-order valence-electron chi connectivity index (χ0n) is 12.6. The lowest BCUT2D eigenvalue weighted by atomic mass is 10.1. The summed E-state index contributed by atoms with van der Waals surface area (Å²) < 4.78 is 0. The molecule has 1 heterocycles. The summed E-state index contributed by atoms with van der Waals surface area (Å²) in [6, 6.07) is 9.97. The molecule has 5 nitrogen and oxygen atoms in total. The molecule has 0 radical (unpaired) electrons. The fourth-order valence-corrected chi connectivity index (χ4v) is 2.27. The van der Waals surface area contributed by atoms with Crippen molar-refractivity contribution in [1.29, 1.82) is 0 Å². The van der Waals surface area contributed by atoms with Crippen LogP contribution in [0.4, 0.5) is 11.6 Å². The minimum Gasteiger partial charge on any atom is -0.392 e. The third-order valence-corrected chi connectivity index (χ3v) is 3.86. The van der Waals surface area contributed by atoms with Crippen LogP contribution in [0, 0.1) is 5.92 Å². The van der Waals surface area contributed by atoms with Crippen molar-refractivity contribution >= 4 is 11.6 Å². The molecule has 1 aliphatic rings. The predicted octanol–water partition coefficient (Wildman–Crippen LogP) is 2.45. The van der Waals surface area contributed by atoms with Crippen molar-refractivity contribution in [3.63, 3.8) is 0 Å². The molecule has 3 N–H and O–H groups in total. The Hall–Kier alpha value is -2.14. The number of nitrogens with one attached hydrogen (secondary N) is 2. The lowest BCUT2D eigenvalue weighted by molar-refractivity contribution is 0.282. The van der Waals surface area contributed by atoms with Crippen LogP contribution in [0.15, 0.2) is 36.7 Å². The van der Waals surface area contributed by atoms with Gasteiger partial charge in [-0.1, -0.05) is 24.3 Å². The fraction of sp³-hybridized carbons (Fsp3) is 0.412. The Kier molecular flexibility index (Phi) is 4.85. The number of benzene rings is 1. The van der Waals surface area contributed by atoms with Crippen LogP contribution in [0.1, 0.15) is 24.0 Å². The van der Waals surface area contributed by atoms with Crippen molar-refractivity contribution in [2.45, 2.75) is 25.9 Å². The molecular formula is C17H22N4O. The number of hydrogen-bond donors (Lipinski definition) is 3. The van der Waals surface area contributed by atoms with Gasteiger partial charge in [0.15, 0.2) is 0 Å². The van der Waals surface area contributed by atoms with Crippen LogP contribution < -0.4 is 10.6 Å². The van der Waals surface area contributed by atoms with Crippen LogP contribution in [0.25, 0.3) is 0 Å². The first-order valence-electron chi connectivity index (χ1n) is 7.82. The molecule has 116 valence electrons. The van der Waals surface area contributed by atoms with Gasteiger partial charge in [0, 0.05) is 19.2 Å². The predicted molar refractivity (Wildman–Crippen MR) is 87.8 cm³/mol. The highest BCUT2D eigenvalue weighted by Crippen LogP contribution is 2.28. The van der Waals surface area contributed by atoms with Gasteiger partial charge in [-0.3, -0.25) is 0 Å². The summed E-state index contributed by atoms with van der Waals surface area (Å²) in [6.45, 7) is 1.92. The van der Waals surface area contributed by atoms with Gasteiger partial charge in [-0.2, -0.15) is 0 Å². The Morgan fingerprint density at radius 3 is 2.36 bits per heavy atom. The zero-order chi connectivity index (χ0) is 15.2. The van der Waals surface area contributed by atoms with E-state index in [0.717, 1.165) is 42.6 Å². The van der Waals surface area contributed by atoms with E-state index in [1.165, 1.54) is 18.4 Å². The summed E-state index contributed by atoms with van der Waals surface area (Å²) in [5.74, 6) is 2.56. The van der Waals surface area contributed by atoms with E-state index in [9.17, 15) is 0 Å². The van der Waals surface area contributed by atoms with E-state index < -0.39 is 0 Å². The van der Waals surface area contributed by atoms with Gasteiger partial charge in [0.25, 0.3) is 0 Å². The second-order valence-corrected chi connectivity index (χ2v) is 5.76. The highest BCUT2D eigenvalue weighted by atomic mass is 16.3. The van der Waals surface area contributed by atoms with Crippen LogP contribution >= 0.6 is 0 Å². The van der Waals surface area contributed by atoms with Gasteiger partial charge in [-0.15, -0.1) is 0 Å². The largest absolute Gasteiger partial charge is 0.392 e. The van der Waals surface area contributed by atoms with Gasteiger partial charge in [0.1, 0.15) is 18.0 Å². The first-order valence-corrected chi connectivity index (χ1v) is 7.82. The average Bonchev–Trinajstić information content (AvgIpc) is 3.38. The number of anilines is 2. The van der Waals surface area contributed by atoms with Crippen LogP contribution in [-0.4, -0.2) is 28.2 Å². The molecule has 22 heavy (non-hydrogen) atoms. The van der Waals surface area contributed by atoms with E-state index in [1.54, 1.807) is 6.33 Å². The maximum Gasteiger partial charge on any atom is 0.131 e. The number of nitrogens with zero attached hydrogens (tertiary/aromatic N) is 2. The smallest absolute Gasteiger partial charge is 0.131 e. The van der Waals surface area contributed by atoms with Crippen molar-refractivity contribution in [3.8, 4) is 0 Å². The molecule has 0 unspecified atom stereocenters. The minimum absolute atomic E-state index is 0.0934. The Morgan fingerprint density at radius 1 is 1.00 bits per heavy atom. The van der Waals surface area contributed by atoms with Crippen LogP contribution in [0.2, 0.25) is 0 Å². The van der Waals surface area contributed by atoms with Gasteiger partial charge in [0.2, 0.25) is 0 Å². The van der Waals surface area contributed by atoms with E-state index in [-0.39, 0.29) is 6.61 Å². The van der Waals surface area contributed by atoms with Crippen LogP contribution in [-0.2, 0) is 13.0 Å². The van der Waals surface area contributed by atoms with Gasteiger partial charge >= 0.3 is 0 Å². The van der Waals surface area contributed by atoms with Crippen molar-refractivity contribution in [1.82, 2.24) is 9.97 Å². The summed E-state index contributed by atoms with van der Waals surface area (Å²) >= 11 is 0. The van der Waals surface area contributed by atoms with E-state index in [2.05, 4.69) is 32.7 Å². The molecule has 0 atom stereocenters. The van der Waals surface area contributed by atoms with E-state index >= 15 is 0 Å². The van der Waals surface area contributed by atoms with E-state index in [0.29, 0.717) is 0 Å². The summed E-state index contributed by atoms with van der Waals surface area (Å²) in [5, 5.41) is 15.7. The quantitative estimate of drug-likeness (QED) is 0.698. The SMILES string of the molecule is OCc1ccc(CCNc2cc(NCC3CC3)ncn2)cc1. The normalized spacial score (nSPS) is 13.9. The molecule has 1 aromatic carbocycles. The number of aliphatic hydroxyl groups excluding tert-OH is 1. The number of rotatable bonds is 8. The van der Waals surface area contributed by atoms with Gasteiger partial charge < -0.3 is 15.7 Å². The maximum absolute atomic E-state index is 9.03. The molecule has 0 bridgehead atoms. The Bertz CT molecular complexity index is 596. The molecule has 5 heteroatoms. The summed E-state index contributed by atoms with van der Waals surface area (Å²) in [5.41, 5.74) is 2.18. The number of hydrogen-bond acceptors (Lipinski definition) is 5. The second-order valence-electron chi connectivity index (χ2n) is 5.76. The first-order chi connectivity index (χ1) is 10.8. The van der Waals surface area contributed by atoms with Crippen molar-refractivity contribution < 1.29 is 5.11 Å². The molecule has 3 rings (SSSR count). The number of aliphatic hydroxyl groups is 1. The fourth-order valence-electron chi connectivity index (χ4n) is 2.27. The Morgan fingerprint density at radius 2 is 1.68 bits per heavy atom. The summed E-state index contributed by atoms with van der Waals surface area (Å²) in [7, 11) is 0. The first kappa shape index (κ1) is 14.8. The van der Waals surface area contributed by atoms with Crippen LogP contribution in [0.5, 0.6) is 0 Å². The minimum atomic E-state index is 0.0934. The highest BCUT2D eigenvalue weighted by Gasteiger charge is 2.20. The van der Waals surface area contributed by atoms with Crippen LogP contribution in [0.3, 0.4) is 0 Å². The monoisotopic (exact) mass is 298 g/mol. The molecule has 0 spiro atoms. The molecule has 1 fully saturated rings. The molecule has 0 aliphatic heterocycles. The van der Waals surface area contributed by atoms with Crippen molar-refractivity contribution in [3.05, 3.63) is 47.8 Å². The maximum atomic E-state index is 9.03. The lowest BCUT2D eigenvalue weighted by Crippen LogP contribution is -2.09. The highest BCUT2D eigenvalue weighted by molar-refractivity contribution is 5.46. The number of aromatic nitrogens is 2. The molecule has 0 amide bonds. The molecular weight excluding hydrogens is 276 g/mol. The van der Waals surface area contributed by atoms with E-state index in [4.69, 9.17) is 5.11 Å². The molecule has 1 aromatic heterocycles. The standard InChI is InChI=1S/C17H22N4O/c22-11-15-5-1-13(2-6-15)7-8-18-16-9-17(21-12-20-16)19-10-14-3-4-14/h1-2,5-6,9,12,14,22H,3-4,7-8,10-11H2,(H2,18,19,20,21). The Labute approximate surface area is 130 Å². The van der Waals surface area contributed by atoms with E-state index in [1.807, 2.05) is 18.2 Å². The van der Waals surface area contributed by atoms with Crippen molar-refractivity contribution in [2.75, 3.05) is 23.7 Å². The molecule has 1 aliphatic carbocycles. The van der Waals surface area contributed by atoms with Crippen molar-refractivity contribution in [2.24, 2.45) is 5.92 Å². The summed E-state index contributed by atoms with van der Waals surface area (Å²) in [4.78, 5) is 8.48. The Balaban J connectivity index is 1.46. The zero-order valence-corrected chi connectivity index (χ0v) is 12.6.